The SMILES string of the molecule is CN=C(NCc1ccnc(N2CCOC(C)C2)c1)NCc1nc(C(C)C)cs1. The summed E-state index contributed by atoms with van der Waals surface area (Å²) in [6.45, 7) is 10.3. The molecule has 2 aromatic heterocycles. The third-order valence-corrected chi connectivity index (χ3v) is 5.49. The summed E-state index contributed by atoms with van der Waals surface area (Å²) in [5.74, 6) is 2.22. The van der Waals surface area contributed by atoms with Gasteiger partial charge in [0.1, 0.15) is 10.8 Å². The highest BCUT2D eigenvalue weighted by Crippen LogP contribution is 2.18. The van der Waals surface area contributed by atoms with Gasteiger partial charge in [0, 0.05) is 38.3 Å². The van der Waals surface area contributed by atoms with Crippen LogP contribution in [0.25, 0.3) is 0 Å². The Morgan fingerprint density at radius 1 is 1.39 bits per heavy atom. The number of rotatable bonds is 6. The number of aromatic nitrogens is 2. The topological polar surface area (TPSA) is 74.7 Å². The maximum absolute atomic E-state index is 5.62. The van der Waals surface area contributed by atoms with Gasteiger partial charge in [0.2, 0.25) is 0 Å². The van der Waals surface area contributed by atoms with E-state index in [2.05, 4.69) is 62.7 Å². The van der Waals surface area contributed by atoms with Crippen LogP contribution in [-0.2, 0) is 17.8 Å². The number of hydrogen-bond acceptors (Lipinski definition) is 6. The fourth-order valence-electron chi connectivity index (χ4n) is 3.01. The highest BCUT2D eigenvalue weighted by molar-refractivity contribution is 7.09. The van der Waals surface area contributed by atoms with Crippen molar-refractivity contribution in [1.82, 2.24) is 20.6 Å². The molecule has 0 saturated carbocycles. The van der Waals surface area contributed by atoms with E-state index in [-0.39, 0.29) is 6.10 Å². The van der Waals surface area contributed by atoms with Gasteiger partial charge in [-0.1, -0.05) is 13.8 Å². The summed E-state index contributed by atoms with van der Waals surface area (Å²) in [6.07, 6.45) is 2.11. The van der Waals surface area contributed by atoms with Gasteiger partial charge >= 0.3 is 0 Å². The van der Waals surface area contributed by atoms with Gasteiger partial charge in [-0.25, -0.2) is 9.97 Å². The van der Waals surface area contributed by atoms with Crippen LogP contribution in [0.15, 0.2) is 28.7 Å². The van der Waals surface area contributed by atoms with E-state index in [1.807, 2.05) is 12.3 Å². The number of thiazole rings is 1. The van der Waals surface area contributed by atoms with Crippen LogP contribution in [0, 0.1) is 0 Å². The van der Waals surface area contributed by atoms with Gasteiger partial charge < -0.3 is 20.3 Å². The molecule has 0 amide bonds. The minimum Gasteiger partial charge on any atom is -0.375 e. The second-order valence-corrected chi connectivity index (χ2v) is 8.19. The number of nitrogens with one attached hydrogen (secondary N) is 2. The molecular formula is C20H30N6OS. The van der Waals surface area contributed by atoms with Gasteiger partial charge in [-0.15, -0.1) is 11.3 Å². The molecule has 1 aliphatic rings. The maximum Gasteiger partial charge on any atom is 0.191 e. The summed E-state index contributed by atoms with van der Waals surface area (Å²) >= 11 is 1.68. The first-order valence-corrected chi connectivity index (χ1v) is 10.6. The first-order chi connectivity index (χ1) is 13.5. The Bertz CT molecular complexity index is 791. The number of pyridine rings is 1. The lowest BCUT2D eigenvalue weighted by Gasteiger charge is -2.32. The minimum absolute atomic E-state index is 0.238. The Morgan fingerprint density at radius 3 is 2.93 bits per heavy atom. The van der Waals surface area contributed by atoms with Crippen LogP contribution in [0.2, 0.25) is 0 Å². The normalized spacial score (nSPS) is 17.8. The number of ether oxygens (including phenoxy) is 1. The van der Waals surface area contributed by atoms with Gasteiger partial charge in [0.25, 0.3) is 0 Å². The maximum atomic E-state index is 5.62. The number of anilines is 1. The van der Waals surface area contributed by atoms with Gasteiger partial charge in [-0.05, 0) is 30.5 Å². The Labute approximate surface area is 171 Å². The quantitative estimate of drug-likeness (QED) is 0.572. The third-order valence-electron chi connectivity index (χ3n) is 4.63. The van der Waals surface area contributed by atoms with Crippen molar-refractivity contribution < 1.29 is 4.74 Å². The molecule has 7 nitrogen and oxygen atoms in total. The Balaban J connectivity index is 1.52. The molecule has 2 aromatic rings. The van der Waals surface area contributed by atoms with Crippen molar-refractivity contribution in [3.05, 3.63) is 40.0 Å². The van der Waals surface area contributed by atoms with Crippen molar-refractivity contribution >= 4 is 23.1 Å². The van der Waals surface area contributed by atoms with E-state index >= 15 is 0 Å². The fourth-order valence-corrected chi connectivity index (χ4v) is 3.90. The lowest BCUT2D eigenvalue weighted by Crippen LogP contribution is -2.41. The molecule has 0 radical (unpaired) electrons. The second kappa shape index (κ2) is 9.84. The van der Waals surface area contributed by atoms with Crippen LogP contribution in [0.1, 0.15) is 43.0 Å². The van der Waals surface area contributed by atoms with E-state index in [1.54, 1.807) is 18.4 Å². The van der Waals surface area contributed by atoms with Crippen molar-refractivity contribution in [2.24, 2.45) is 4.99 Å². The Hall–Kier alpha value is -2.19. The number of guanidine groups is 1. The number of hydrogen-bond donors (Lipinski definition) is 2. The molecule has 28 heavy (non-hydrogen) atoms. The highest BCUT2D eigenvalue weighted by Gasteiger charge is 2.18. The molecule has 0 aliphatic carbocycles. The molecule has 152 valence electrons. The number of nitrogens with zero attached hydrogens (tertiary/aromatic N) is 4. The molecule has 1 saturated heterocycles. The van der Waals surface area contributed by atoms with Gasteiger partial charge in [0.05, 0.1) is 24.9 Å². The summed E-state index contributed by atoms with van der Waals surface area (Å²) in [5, 5.41) is 9.90. The van der Waals surface area contributed by atoms with E-state index < -0.39 is 0 Å². The van der Waals surface area contributed by atoms with E-state index in [0.29, 0.717) is 19.0 Å². The van der Waals surface area contributed by atoms with Crippen LogP contribution in [-0.4, -0.2) is 48.8 Å². The zero-order valence-electron chi connectivity index (χ0n) is 17.1. The van der Waals surface area contributed by atoms with Crippen molar-refractivity contribution in [3.8, 4) is 0 Å². The lowest BCUT2D eigenvalue weighted by atomic mass is 10.2. The zero-order chi connectivity index (χ0) is 19.9. The number of morpholine rings is 1. The Morgan fingerprint density at radius 2 is 2.21 bits per heavy atom. The fraction of sp³-hybridized carbons (Fsp3) is 0.550. The number of aliphatic imine (C=N–C) groups is 1. The molecular weight excluding hydrogens is 372 g/mol. The smallest absolute Gasteiger partial charge is 0.191 e. The van der Waals surface area contributed by atoms with E-state index in [4.69, 9.17) is 4.74 Å². The summed E-state index contributed by atoms with van der Waals surface area (Å²) in [5.41, 5.74) is 2.31. The largest absolute Gasteiger partial charge is 0.375 e. The van der Waals surface area contributed by atoms with Crippen molar-refractivity contribution in [2.45, 2.75) is 45.9 Å². The third kappa shape index (κ3) is 5.65. The highest BCUT2D eigenvalue weighted by atomic mass is 32.1. The average Bonchev–Trinajstić information content (AvgIpc) is 3.18. The monoisotopic (exact) mass is 402 g/mol. The van der Waals surface area contributed by atoms with Crippen molar-refractivity contribution in [2.75, 3.05) is 31.6 Å². The molecule has 1 fully saturated rings. The van der Waals surface area contributed by atoms with E-state index in [1.165, 1.54) is 5.56 Å². The molecule has 1 atom stereocenters. The predicted molar refractivity (Wildman–Crippen MR) is 115 cm³/mol. The molecule has 8 heteroatoms. The van der Waals surface area contributed by atoms with Gasteiger partial charge in [-0.2, -0.15) is 0 Å². The second-order valence-electron chi connectivity index (χ2n) is 7.25. The molecule has 0 aromatic carbocycles. The molecule has 0 bridgehead atoms. The molecule has 1 aliphatic heterocycles. The predicted octanol–water partition coefficient (Wildman–Crippen LogP) is 2.75. The van der Waals surface area contributed by atoms with Crippen LogP contribution in [0.4, 0.5) is 5.82 Å². The first kappa shape index (κ1) is 20.5. The van der Waals surface area contributed by atoms with E-state index in [0.717, 1.165) is 42.2 Å². The lowest BCUT2D eigenvalue weighted by molar-refractivity contribution is 0.0529. The molecule has 3 rings (SSSR count). The van der Waals surface area contributed by atoms with E-state index in [9.17, 15) is 0 Å². The van der Waals surface area contributed by atoms with Crippen LogP contribution in [0.3, 0.4) is 0 Å². The summed E-state index contributed by atoms with van der Waals surface area (Å²) in [7, 11) is 1.78. The van der Waals surface area contributed by atoms with Gasteiger partial charge in [-0.3, -0.25) is 4.99 Å². The van der Waals surface area contributed by atoms with Gasteiger partial charge in [0.15, 0.2) is 5.96 Å². The van der Waals surface area contributed by atoms with Crippen LogP contribution < -0.4 is 15.5 Å². The Kier molecular flexibility index (Phi) is 7.22. The summed E-state index contributed by atoms with van der Waals surface area (Å²) in [4.78, 5) is 15.8. The van der Waals surface area contributed by atoms with Crippen LogP contribution >= 0.6 is 11.3 Å². The standard InChI is InChI=1S/C20H30N6OS/c1-14(2)17-13-28-19(25-17)11-24-20(21-4)23-10-16-5-6-22-18(9-16)26-7-8-27-15(3)12-26/h5-6,9,13-15H,7-8,10-12H2,1-4H3,(H2,21,23,24). The zero-order valence-corrected chi connectivity index (χ0v) is 17.9. The average molecular weight is 403 g/mol. The first-order valence-electron chi connectivity index (χ1n) is 9.75. The molecule has 0 spiro atoms. The molecule has 1 unspecified atom stereocenters. The van der Waals surface area contributed by atoms with Crippen LogP contribution in [0.5, 0.6) is 0 Å². The summed E-state index contributed by atoms with van der Waals surface area (Å²) < 4.78 is 5.62. The summed E-state index contributed by atoms with van der Waals surface area (Å²) in [6, 6.07) is 4.16. The van der Waals surface area contributed by atoms with Crippen molar-refractivity contribution in [3.63, 3.8) is 0 Å². The molecule has 2 N–H and O–H groups in total. The molecule has 3 heterocycles. The minimum atomic E-state index is 0.238. The van der Waals surface area contributed by atoms with Crippen molar-refractivity contribution in [1.29, 1.82) is 0 Å².